The highest BCUT2D eigenvalue weighted by Crippen LogP contribution is 2.18. The average molecular weight is 241 g/mol. The minimum Gasteiger partial charge on any atom is -0.309 e. The van der Waals surface area contributed by atoms with Crippen LogP contribution < -0.4 is 5.32 Å². The summed E-state index contributed by atoms with van der Waals surface area (Å²) in [5.74, 6) is -0.157. The van der Waals surface area contributed by atoms with Crippen molar-refractivity contribution in [2.24, 2.45) is 0 Å². The predicted molar refractivity (Wildman–Crippen MR) is 70.4 cm³/mol. The summed E-state index contributed by atoms with van der Waals surface area (Å²) >= 11 is 1.84. The Hall–Kier alpha value is -0.540. The molecule has 0 saturated carbocycles. The van der Waals surface area contributed by atoms with Crippen molar-refractivity contribution in [2.45, 2.75) is 31.6 Å². The SMILES string of the molecule is CCC(NCC(C)SC)c1cccc(F)c1. The number of halogens is 1. The van der Waals surface area contributed by atoms with E-state index in [0.29, 0.717) is 5.25 Å². The van der Waals surface area contributed by atoms with Gasteiger partial charge in [0, 0.05) is 17.8 Å². The third kappa shape index (κ3) is 4.14. The number of hydrogen-bond donors (Lipinski definition) is 1. The van der Waals surface area contributed by atoms with Gasteiger partial charge in [-0.15, -0.1) is 0 Å². The van der Waals surface area contributed by atoms with Crippen molar-refractivity contribution in [3.05, 3.63) is 35.6 Å². The molecule has 0 spiro atoms. The lowest BCUT2D eigenvalue weighted by molar-refractivity contribution is 0.517. The number of nitrogens with one attached hydrogen (secondary N) is 1. The Bertz CT molecular complexity index is 317. The fourth-order valence-electron chi connectivity index (χ4n) is 1.61. The summed E-state index contributed by atoms with van der Waals surface area (Å²) in [6.45, 7) is 5.26. The van der Waals surface area contributed by atoms with Crippen LogP contribution in [0.25, 0.3) is 0 Å². The number of thioether (sulfide) groups is 1. The lowest BCUT2D eigenvalue weighted by atomic mass is 10.0. The molecule has 90 valence electrons. The zero-order chi connectivity index (χ0) is 12.0. The summed E-state index contributed by atoms with van der Waals surface area (Å²) in [6, 6.07) is 7.11. The van der Waals surface area contributed by atoms with Gasteiger partial charge in [-0.1, -0.05) is 26.0 Å². The van der Waals surface area contributed by atoms with Crippen molar-refractivity contribution < 1.29 is 4.39 Å². The normalized spacial score (nSPS) is 14.8. The zero-order valence-corrected chi connectivity index (χ0v) is 11.0. The molecule has 1 aromatic rings. The van der Waals surface area contributed by atoms with Crippen molar-refractivity contribution in [1.29, 1.82) is 0 Å². The highest BCUT2D eigenvalue weighted by molar-refractivity contribution is 7.99. The maximum absolute atomic E-state index is 13.1. The van der Waals surface area contributed by atoms with Gasteiger partial charge in [-0.2, -0.15) is 11.8 Å². The minimum absolute atomic E-state index is 0.157. The van der Waals surface area contributed by atoms with Crippen LogP contribution in [0.2, 0.25) is 0 Å². The van der Waals surface area contributed by atoms with Crippen LogP contribution in [0.5, 0.6) is 0 Å². The van der Waals surface area contributed by atoms with Crippen LogP contribution in [0.15, 0.2) is 24.3 Å². The van der Waals surface area contributed by atoms with E-state index in [1.165, 1.54) is 6.07 Å². The van der Waals surface area contributed by atoms with E-state index in [0.717, 1.165) is 18.5 Å². The highest BCUT2D eigenvalue weighted by atomic mass is 32.2. The molecule has 2 unspecified atom stereocenters. The summed E-state index contributed by atoms with van der Waals surface area (Å²) in [5.41, 5.74) is 1.04. The fraction of sp³-hybridized carbons (Fsp3) is 0.538. The lowest BCUT2D eigenvalue weighted by Gasteiger charge is -2.19. The first-order valence-electron chi connectivity index (χ1n) is 5.69. The van der Waals surface area contributed by atoms with E-state index < -0.39 is 0 Å². The van der Waals surface area contributed by atoms with Gasteiger partial charge in [-0.25, -0.2) is 4.39 Å². The minimum atomic E-state index is -0.157. The second-order valence-electron chi connectivity index (χ2n) is 3.97. The quantitative estimate of drug-likeness (QED) is 0.816. The van der Waals surface area contributed by atoms with Gasteiger partial charge in [0.15, 0.2) is 0 Å². The van der Waals surface area contributed by atoms with Crippen LogP contribution in [0, 0.1) is 5.82 Å². The standard InChI is InChI=1S/C13H20FNS/c1-4-13(15-9-10(2)16-3)11-6-5-7-12(14)8-11/h5-8,10,13,15H,4,9H2,1-3H3. The Morgan fingerprint density at radius 1 is 1.44 bits per heavy atom. The molecular formula is C13H20FNS. The highest BCUT2D eigenvalue weighted by Gasteiger charge is 2.10. The van der Waals surface area contributed by atoms with Crippen molar-refractivity contribution in [3.63, 3.8) is 0 Å². The number of benzene rings is 1. The lowest BCUT2D eigenvalue weighted by Crippen LogP contribution is -2.27. The Balaban J connectivity index is 2.60. The molecular weight excluding hydrogens is 221 g/mol. The van der Waals surface area contributed by atoms with Crippen LogP contribution in [0.1, 0.15) is 31.9 Å². The summed E-state index contributed by atoms with van der Waals surface area (Å²) in [7, 11) is 0. The monoisotopic (exact) mass is 241 g/mol. The average Bonchev–Trinajstić information content (AvgIpc) is 2.29. The van der Waals surface area contributed by atoms with Gasteiger partial charge >= 0.3 is 0 Å². The molecule has 1 nitrogen and oxygen atoms in total. The number of rotatable bonds is 6. The van der Waals surface area contributed by atoms with E-state index in [1.54, 1.807) is 12.1 Å². The van der Waals surface area contributed by atoms with E-state index in [9.17, 15) is 4.39 Å². The molecule has 0 aliphatic carbocycles. The van der Waals surface area contributed by atoms with Gasteiger partial charge < -0.3 is 5.32 Å². The smallest absolute Gasteiger partial charge is 0.123 e. The van der Waals surface area contributed by atoms with Crippen LogP contribution in [0.4, 0.5) is 4.39 Å². The van der Waals surface area contributed by atoms with Gasteiger partial charge in [0.2, 0.25) is 0 Å². The molecule has 2 atom stereocenters. The second-order valence-corrected chi connectivity index (χ2v) is 5.25. The summed E-state index contributed by atoms with van der Waals surface area (Å²) in [5, 5.41) is 4.06. The van der Waals surface area contributed by atoms with E-state index >= 15 is 0 Å². The summed E-state index contributed by atoms with van der Waals surface area (Å²) in [6.07, 6.45) is 3.08. The molecule has 1 N–H and O–H groups in total. The first-order valence-corrected chi connectivity index (χ1v) is 6.97. The van der Waals surface area contributed by atoms with Crippen LogP contribution in [-0.4, -0.2) is 18.1 Å². The van der Waals surface area contributed by atoms with Crippen LogP contribution in [0.3, 0.4) is 0 Å². The number of hydrogen-bond acceptors (Lipinski definition) is 2. The molecule has 1 rings (SSSR count). The Morgan fingerprint density at radius 2 is 2.19 bits per heavy atom. The summed E-state index contributed by atoms with van der Waals surface area (Å²) in [4.78, 5) is 0. The van der Waals surface area contributed by atoms with E-state index in [1.807, 2.05) is 17.8 Å². The molecule has 0 aliphatic heterocycles. The zero-order valence-electron chi connectivity index (χ0n) is 10.2. The topological polar surface area (TPSA) is 12.0 Å². The van der Waals surface area contributed by atoms with Gasteiger partial charge in [0.05, 0.1) is 0 Å². The maximum atomic E-state index is 13.1. The van der Waals surface area contributed by atoms with E-state index in [-0.39, 0.29) is 11.9 Å². The van der Waals surface area contributed by atoms with Gasteiger partial charge in [-0.05, 0) is 30.4 Å². The molecule has 0 aromatic heterocycles. The first-order chi connectivity index (χ1) is 7.67. The predicted octanol–water partition coefficient (Wildman–Crippen LogP) is 3.62. The van der Waals surface area contributed by atoms with Gasteiger partial charge in [0.25, 0.3) is 0 Å². The van der Waals surface area contributed by atoms with E-state index in [2.05, 4.69) is 25.4 Å². The molecule has 0 heterocycles. The largest absolute Gasteiger partial charge is 0.309 e. The maximum Gasteiger partial charge on any atom is 0.123 e. The van der Waals surface area contributed by atoms with Gasteiger partial charge in [-0.3, -0.25) is 0 Å². The van der Waals surface area contributed by atoms with Crippen LogP contribution >= 0.6 is 11.8 Å². The molecule has 0 aliphatic rings. The van der Waals surface area contributed by atoms with E-state index in [4.69, 9.17) is 0 Å². The Kier molecular flexibility index (Phi) is 5.85. The van der Waals surface area contributed by atoms with Crippen molar-refractivity contribution in [3.8, 4) is 0 Å². The van der Waals surface area contributed by atoms with Crippen LogP contribution in [-0.2, 0) is 0 Å². The van der Waals surface area contributed by atoms with Crippen molar-refractivity contribution in [1.82, 2.24) is 5.32 Å². The molecule has 1 aromatic carbocycles. The molecule has 0 fully saturated rings. The van der Waals surface area contributed by atoms with Crippen molar-refractivity contribution >= 4 is 11.8 Å². The third-order valence-electron chi connectivity index (χ3n) is 2.71. The second kappa shape index (κ2) is 6.92. The molecule has 3 heteroatoms. The molecule has 16 heavy (non-hydrogen) atoms. The molecule has 0 radical (unpaired) electrons. The Morgan fingerprint density at radius 3 is 2.75 bits per heavy atom. The molecule has 0 saturated heterocycles. The molecule has 0 bridgehead atoms. The first kappa shape index (κ1) is 13.5. The van der Waals surface area contributed by atoms with Gasteiger partial charge in [0.1, 0.15) is 5.82 Å². The third-order valence-corrected chi connectivity index (χ3v) is 3.68. The van der Waals surface area contributed by atoms with Crippen molar-refractivity contribution in [2.75, 3.05) is 12.8 Å². The summed E-state index contributed by atoms with van der Waals surface area (Å²) < 4.78 is 13.1. The fourth-order valence-corrected chi connectivity index (χ4v) is 1.88. The molecule has 0 amide bonds. The Labute approximate surface area is 102 Å².